The molecule has 2 N–H and O–H groups in total. The van der Waals surface area contributed by atoms with Gasteiger partial charge in [-0.3, -0.25) is 5.26 Å². The zero-order valence-electron chi connectivity index (χ0n) is 15.1. The first-order valence-electron chi connectivity index (χ1n) is 9.46. The quantitative estimate of drug-likeness (QED) is 0.487. The molecule has 4 nitrogen and oxygen atoms in total. The number of carboxylic acids is 1. The third kappa shape index (κ3) is 11.5. The second-order valence-electron chi connectivity index (χ2n) is 6.51. The summed E-state index contributed by atoms with van der Waals surface area (Å²) in [5.74, 6) is -0.828. The monoisotopic (exact) mass is 348 g/mol. The maximum atomic E-state index is 11.2. The number of allylic oxidation sites excluding steroid dienone is 7. The number of hydrogen-bond donors (Lipinski definition) is 2. The summed E-state index contributed by atoms with van der Waals surface area (Å²) in [5, 5.41) is 18.2. The molecule has 140 valence electrons. The van der Waals surface area contributed by atoms with Crippen LogP contribution in [0.2, 0.25) is 0 Å². The van der Waals surface area contributed by atoms with E-state index in [1.165, 1.54) is 0 Å². The minimum absolute atomic E-state index is 0.0549. The van der Waals surface area contributed by atoms with Crippen molar-refractivity contribution in [2.45, 2.75) is 76.7 Å². The first kappa shape index (κ1) is 21.4. The third-order valence-electron chi connectivity index (χ3n) is 4.42. The zero-order valence-corrected chi connectivity index (χ0v) is 15.1. The van der Waals surface area contributed by atoms with Gasteiger partial charge in [-0.15, -0.1) is 0 Å². The van der Waals surface area contributed by atoms with Crippen LogP contribution in [0.25, 0.3) is 0 Å². The Bertz CT molecular complexity index is 474. The fourth-order valence-electron chi connectivity index (χ4n) is 2.91. The van der Waals surface area contributed by atoms with Crippen molar-refractivity contribution in [3.05, 3.63) is 48.1 Å². The molecular weight excluding hydrogens is 316 g/mol. The average Bonchev–Trinajstić information content (AvgIpc) is 2.60. The lowest BCUT2D eigenvalue weighted by Gasteiger charge is -2.12. The number of carboxylic acid groups (broad SMARTS) is 1. The lowest BCUT2D eigenvalue weighted by molar-refractivity contribution is -0.281. The van der Waals surface area contributed by atoms with Gasteiger partial charge in [0.2, 0.25) is 0 Å². The van der Waals surface area contributed by atoms with Crippen molar-refractivity contribution in [3.8, 4) is 0 Å². The highest BCUT2D eigenvalue weighted by molar-refractivity contribution is 5.86. The zero-order chi connectivity index (χ0) is 18.2. The second-order valence-corrected chi connectivity index (χ2v) is 6.51. The predicted molar refractivity (Wildman–Crippen MR) is 101 cm³/mol. The van der Waals surface area contributed by atoms with Gasteiger partial charge in [0.15, 0.2) is 0 Å². The SMILES string of the molecule is O=C(O)C1=CC=CC=CC=CCCCC(OO)CCCCCCCC1. The summed E-state index contributed by atoms with van der Waals surface area (Å²) >= 11 is 0. The molecule has 0 saturated carbocycles. The van der Waals surface area contributed by atoms with Crippen LogP contribution < -0.4 is 0 Å². The number of rotatable bonds is 2. The van der Waals surface area contributed by atoms with Crippen molar-refractivity contribution >= 4 is 5.97 Å². The number of hydrogen-bond acceptors (Lipinski definition) is 3. The van der Waals surface area contributed by atoms with E-state index in [2.05, 4.69) is 11.0 Å². The topological polar surface area (TPSA) is 66.8 Å². The molecule has 1 aliphatic rings. The van der Waals surface area contributed by atoms with Crippen molar-refractivity contribution in [1.29, 1.82) is 0 Å². The lowest BCUT2D eigenvalue weighted by Crippen LogP contribution is -2.10. The van der Waals surface area contributed by atoms with Crippen molar-refractivity contribution < 1.29 is 20.0 Å². The van der Waals surface area contributed by atoms with Crippen LogP contribution in [0.4, 0.5) is 0 Å². The summed E-state index contributed by atoms with van der Waals surface area (Å²) in [4.78, 5) is 15.8. The molecule has 0 amide bonds. The Morgan fingerprint density at radius 3 is 2.28 bits per heavy atom. The molecule has 1 unspecified atom stereocenters. The smallest absolute Gasteiger partial charge is 0.331 e. The Kier molecular flexibility index (Phi) is 12.6. The van der Waals surface area contributed by atoms with Crippen LogP contribution >= 0.6 is 0 Å². The molecular formula is C21H32O4. The van der Waals surface area contributed by atoms with Gasteiger partial charge in [0.05, 0.1) is 6.10 Å². The Labute approximate surface area is 151 Å². The van der Waals surface area contributed by atoms with Crippen molar-refractivity contribution in [2.75, 3.05) is 0 Å². The Balaban J connectivity index is 2.56. The van der Waals surface area contributed by atoms with Gasteiger partial charge in [-0.25, -0.2) is 9.68 Å². The van der Waals surface area contributed by atoms with E-state index in [0.29, 0.717) is 12.0 Å². The minimum atomic E-state index is -0.828. The van der Waals surface area contributed by atoms with Crippen LogP contribution in [-0.4, -0.2) is 22.4 Å². The van der Waals surface area contributed by atoms with E-state index in [4.69, 9.17) is 5.26 Å². The molecule has 0 aliphatic heterocycles. The van der Waals surface area contributed by atoms with Crippen molar-refractivity contribution in [1.82, 2.24) is 0 Å². The fourth-order valence-corrected chi connectivity index (χ4v) is 2.91. The van der Waals surface area contributed by atoms with E-state index in [-0.39, 0.29) is 6.10 Å². The highest BCUT2D eigenvalue weighted by Gasteiger charge is 2.08. The minimum Gasteiger partial charge on any atom is -0.478 e. The van der Waals surface area contributed by atoms with E-state index < -0.39 is 5.97 Å². The number of aliphatic carboxylic acids is 1. The van der Waals surface area contributed by atoms with Gasteiger partial charge in [-0.1, -0.05) is 74.6 Å². The van der Waals surface area contributed by atoms with Crippen molar-refractivity contribution in [3.63, 3.8) is 0 Å². The van der Waals surface area contributed by atoms with E-state index in [9.17, 15) is 9.90 Å². The van der Waals surface area contributed by atoms with Crippen LogP contribution in [-0.2, 0) is 9.68 Å². The molecule has 0 aromatic carbocycles. The second kappa shape index (κ2) is 14.7. The van der Waals surface area contributed by atoms with Gasteiger partial charge >= 0.3 is 5.97 Å². The van der Waals surface area contributed by atoms with Gasteiger partial charge in [-0.2, -0.15) is 0 Å². The molecule has 4 heteroatoms. The summed E-state index contributed by atoms with van der Waals surface area (Å²) in [6.07, 6.45) is 24.0. The standard InChI is InChI=1S/C21H32O4/c22-21(23)19-15-11-7-3-1-2-4-9-13-17-20(25-24)18-14-10-6-5-8-12-16-19/h1-4,7,11,15,20,24H,5-6,8-10,12-14,16-18H2,(H,22,23). The fraction of sp³-hybridized carbons (Fsp3) is 0.571. The van der Waals surface area contributed by atoms with E-state index in [0.717, 1.165) is 64.2 Å². The van der Waals surface area contributed by atoms with E-state index in [1.807, 2.05) is 24.3 Å². The Hall–Kier alpha value is -1.65. The van der Waals surface area contributed by atoms with Gasteiger partial charge < -0.3 is 5.11 Å². The summed E-state index contributed by atoms with van der Waals surface area (Å²) in [5.41, 5.74) is 0.470. The van der Waals surface area contributed by atoms with Crippen LogP contribution in [0.1, 0.15) is 70.6 Å². The molecule has 0 spiro atoms. The average molecular weight is 348 g/mol. The highest BCUT2D eigenvalue weighted by Crippen LogP contribution is 2.16. The molecule has 0 aromatic heterocycles. The maximum absolute atomic E-state index is 11.2. The maximum Gasteiger partial charge on any atom is 0.331 e. The molecule has 0 fully saturated rings. The van der Waals surface area contributed by atoms with Crippen LogP contribution in [0.5, 0.6) is 0 Å². The Morgan fingerprint density at radius 1 is 0.880 bits per heavy atom. The third-order valence-corrected chi connectivity index (χ3v) is 4.42. The molecule has 0 heterocycles. The predicted octanol–water partition coefficient (Wildman–Crippen LogP) is 5.83. The summed E-state index contributed by atoms with van der Waals surface area (Å²) in [6.45, 7) is 0. The number of carbonyl (C=O) groups is 1. The molecule has 0 aromatic rings. The Morgan fingerprint density at radius 2 is 1.52 bits per heavy atom. The van der Waals surface area contributed by atoms with Crippen LogP contribution in [0.15, 0.2) is 48.1 Å². The molecule has 0 bridgehead atoms. The van der Waals surface area contributed by atoms with Gasteiger partial charge in [0.25, 0.3) is 0 Å². The van der Waals surface area contributed by atoms with Gasteiger partial charge in [0, 0.05) is 5.57 Å². The summed E-state index contributed by atoms with van der Waals surface area (Å²) in [6, 6.07) is 0. The van der Waals surface area contributed by atoms with Crippen molar-refractivity contribution in [2.24, 2.45) is 0 Å². The van der Waals surface area contributed by atoms with E-state index >= 15 is 0 Å². The normalized spacial score (nSPS) is 22.3. The first-order valence-corrected chi connectivity index (χ1v) is 9.46. The summed E-state index contributed by atoms with van der Waals surface area (Å²) in [7, 11) is 0. The van der Waals surface area contributed by atoms with Crippen LogP contribution in [0, 0.1) is 0 Å². The van der Waals surface area contributed by atoms with Gasteiger partial charge in [0.1, 0.15) is 0 Å². The molecule has 1 atom stereocenters. The first-order chi connectivity index (χ1) is 12.2. The largest absolute Gasteiger partial charge is 0.478 e. The van der Waals surface area contributed by atoms with Gasteiger partial charge in [-0.05, 0) is 38.5 Å². The lowest BCUT2D eigenvalue weighted by atomic mass is 10.0. The molecule has 1 rings (SSSR count). The molecule has 0 radical (unpaired) electrons. The summed E-state index contributed by atoms with van der Waals surface area (Å²) < 4.78 is 0. The molecule has 1 aliphatic carbocycles. The molecule has 0 saturated heterocycles. The van der Waals surface area contributed by atoms with Crippen LogP contribution in [0.3, 0.4) is 0 Å². The van der Waals surface area contributed by atoms with E-state index in [1.54, 1.807) is 12.2 Å². The highest BCUT2D eigenvalue weighted by atomic mass is 17.1. The molecule has 25 heavy (non-hydrogen) atoms.